The zero-order chi connectivity index (χ0) is 27.4. The van der Waals surface area contributed by atoms with Crippen molar-refractivity contribution in [3.8, 4) is 17.1 Å². The second kappa shape index (κ2) is 11.8. The molecule has 1 saturated heterocycles. The highest BCUT2D eigenvalue weighted by atomic mass is 32.2. The van der Waals surface area contributed by atoms with E-state index >= 15 is 0 Å². The van der Waals surface area contributed by atoms with Crippen LogP contribution in [0, 0.1) is 17.0 Å². The summed E-state index contributed by atoms with van der Waals surface area (Å²) in [5, 5.41) is 20.7. The Kier molecular flexibility index (Phi) is 8.04. The largest absolute Gasteiger partial charge is 0.336 e. The lowest BCUT2D eigenvalue weighted by Gasteiger charge is -2.34. The number of piperazine rings is 1. The molecule has 0 unspecified atom stereocenters. The highest BCUT2D eigenvalue weighted by molar-refractivity contribution is 7.98. The summed E-state index contributed by atoms with van der Waals surface area (Å²) in [5.41, 5.74) is 4.59. The Morgan fingerprint density at radius 1 is 0.923 bits per heavy atom. The van der Waals surface area contributed by atoms with Gasteiger partial charge in [0.25, 0.3) is 11.6 Å². The normalized spacial score (nSPS) is 13.9. The van der Waals surface area contributed by atoms with Crippen molar-refractivity contribution in [2.45, 2.75) is 24.8 Å². The van der Waals surface area contributed by atoms with E-state index in [4.69, 9.17) is 0 Å². The SMILES string of the molecule is CCN1CCN(C(=O)c2ccc(CSc3nnc(-c4ccc([N+](=O)[O-])cc4)n3-c3ccc(C)cc3)cc2)CC1. The maximum Gasteiger partial charge on any atom is 0.269 e. The average molecular weight is 543 g/mol. The highest BCUT2D eigenvalue weighted by Gasteiger charge is 2.21. The molecule has 0 saturated carbocycles. The number of aromatic nitrogens is 3. The van der Waals surface area contributed by atoms with Crippen molar-refractivity contribution >= 4 is 23.4 Å². The molecule has 0 aliphatic carbocycles. The average Bonchev–Trinajstić information content (AvgIpc) is 3.40. The maximum absolute atomic E-state index is 12.9. The zero-order valence-corrected chi connectivity index (χ0v) is 22.8. The molecule has 0 N–H and O–H groups in total. The molecular formula is C29H30N6O3S. The van der Waals surface area contributed by atoms with E-state index in [1.54, 1.807) is 23.9 Å². The molecular weight excluding hydrogens is 512 g/mol. The van der Waals surface area contributed by atoms with Crippen LogP contribution in [-0.4, -0.2) is 68.1 Å². The third-order valence-corrected chi connectivity index (χ3v) is 7.94. The van der Waals surface area contributed by atoms with Gasteiger partial charge in [0.1, 0.15) is 0 Å². The Morgan fingerprint density at radius 2 is 1.59 bits per heavy atom. The molecule has 1 aromatic heterocycles. The van der Waals surface area contributed by atoms with E-state index in [2.05, 4.69) is 22.0 Å². The van der Waals surface area contributed by atoms with Gasteiger partial charge in [-0.15, -0.1) is 10.2 Å². The fraction of sp³-hybridized carbons (Fsp3) is 0.276. The van der Waals surface area contributed by atoms with Crippen LogP contribution in [0.5, 0.6) is 0 Å². The van der Waals surface area contributed by atoms with E-state index in [1.165, 1.54) is 12.1 Å². The van der Waals surface area contributed by atoms with Crippen LogP contribution in [-0.2, 0) is 5.75 Å². The first-order valence-corrected chi connectivity index (χ1v) is 13.9. The number of carbonyl (C=O) groups is 1. The summed E-state index contributed by atoms with van der Waals surface area (Å²) in [6.07, 6.45) is 0. The second-order valence-electron chi connectivity index (χ2n) is 9.49. The van der Waals surface area contributed by atoms with Crippen molar-refractivity contribution in [3.05, 3.63) is 99.6 Å². The Labute approximate surface area is 231 Å². The number of hydrogen-bond acceptors (Lipinski definition) is 7. The minimum Gasteiger partial charge on any atom is -0.336 e. The number of rotatable bonds is 8. The van der Waals surface area contributed by atoms with Gasteiger partial charge in [-0.2, -0.15) is 0 Å². The summed E-state index contributed by atoms with van der Waals surface area (Å²) in [6, 6.07) is 22.2. The standard InChI is InChI=1S/C29H30N6O3S/c1-3-32-16-18-33(19-17-32)28(36)24-8-6-22(7-9-24)20-39-29-31-30-27(23-10-14-26(15-11-23)35(37)38)34(29)25-12-4-21(2)5-13-25/h4-15H,3,16-20H2,1-2H3. The van der Waals surface area contributed by atoms with E-state index in [-0.39, 0.29) is 11.6 Å². The van der Waals surface area contributed by atoms with Crippen LogP contribution in [0.3, 0.4) is 0 Å². The Bertz CT molecular complexity index is 1440. The van der Waals surface area contributed by atoms with Crippen molar-refractivity contribution in [3.63, 3.8) is 0 Å². The number of nitro groups is 1. The van der Waals surface area contributed by atoms with Gasteiger partial charge in [0.15, 0.2) is 11.0 Å². The lowest BCUT2D eigenvalue weighted by Crippen LogP contribution is -2.48. The molecule has 5 rings (SSSR count). The molecule has 4 aromatic rings. The molecule has 0 bridgehead atoms. The quantitative estimate of drug-likeness (QED) is 0.171. The molecule has 1 aliphatic rings. The molecule has 39 heavy (non-hydrogen) atoms. The smallest absolute Gasteiger partial charge is 0.269 e. The van der Waals surface area contributed by atoms with Crippen molar-refractivity contribution < 1.29 is 9.72 Å². The van der Waals surface area contributed by atoms with Crippen LogP contribution >= 0.6 is 11.8 Å². The second-order valence-corrected chi connectivity index (χ2v) is 10.4. The maximum atomic E-state index is 12.9. The monoisotopic (exact) mass is 542 g/mol. The van der Waals surface area contributed by atoms with E-state index in [0.717, 1.165) is 55.1 Å². The molecule has 1 aliphatic heterocycles. The molecule has 1 fully saturated rings. The lowest BCUT2D eigenvalue weighted by atomic mass is 10.1. The topological polar surface area (TPSA) is 97.4 Å². The Morgan fingerprint density at radius 3 is 2.21 bits per heavy atom. The van der Waals surface area contributed by atoms with Crippen LogP contribution in [0.15, 0.2) is 78.0 Å². The highest BCUT2D eigenvalue weighted by Crippen LogP contribution is 2.31. The molecule has 200 valence electrons. The summed E-state index contributed by atoms with van der Waals surface area (Å²) < 4.78 is 1.97. The zero-order valence-electron chi connectivity index (χ0n) is 22.0. The summed E-state index contributed by atoms with van der Waals surface area (Å²) in [6.45, 7) is 8.55. The number of amides is 1. The van der Waals surface area contributed by atoms with Crippen molar-refractivity contribution in [1.82, 2.24) is 24.6 Å². The first kappa shape index (κ1) is 26.6. The Hall–Kier alpha value is -4.02. The van der Waals surface area contributed by atoms with Crippen LogP contribution in [0.25, 0.3) is 17.1 Å². The number of nitro benzene ring substituents is 1. The van der Waals surface area contributed by atoms with Crippen molar-refractivity contribution in [1.29, 1.82) is 0 Å². The van der Waals surface area contributed by atoms with Crippen molar-refractivity contribution in [2.24, 2.45) is 0 Å². The van der Waals surface area contributed by atoms with Gasteiger partial charge in [0.05, 0.1) is 4.92 Å². The fourth-order valence-electron chi connectivity index (χ4n) is 4.55. The first-order valence-electron chi connectivity index (χ1n) is 12.9. The predicted octanol–water partition coefficient (Wildman–Crippen LogP) is 5.22. The summed E-state index contributed by atoms with van der Waals surface area (Å²) >= 11 is 1.55. The molecule has 0 radical (unpaired) electrons. The van der Waals surface area contributed by atoms with Gasteiger partial charge < -0.3 is 9.80 Å². The van der Waals surface area contributed by atoms with Crippen LogP contribution in [0.4, 0.5) is 5.69 Å². The minimum atomic E-state index is -0.416. The molecule has 3 aromatic carbocycles. The summed E-state index contributed by atoms with van der Waals surface area (Å²) in [4.78, 5) is 27.9. The molecule has 10 heteroatoms. The van der Waals surface area contributed by atoms with Crippen LogP contribution < -0.4 is 0 Å². The summed E-state index contributed by atoms with van der Waals surface area (Å²) in [7, 11) is 0. The number of thioether (sulfide) groups is 1. The number of non-ortho nitro benzene ring substituents is 1. The van der Waals surface area contributed by atoms with E-state index in [1.807, 2.05) is 64.9 Å². The molecule has 2 heterocycles. The predicted molar refractivity (Wildman–Crippen MR) is 152 cm³/mol. The van der Waals surface area contributed by atoms with E-state index in [0.29, 0.717) is 22.3 Å². The number of benzene rings is 3. The molecule has 0 atom stereocenters. The molecule has 9 nitrogen and oxygen atoms in total. The fourth-order valence-corrected chi connectivity index (χ4v) is 5.46. The molecule has 0 spiro atoms. The minimum absolute atomic E-state index is 0.0277. The van der Waals surface area contributed by atoms with Gasteiger partial charge in [-0.3, -0.25) is 19.5 Å². The van der Waals surface area contributed by atoms with Gasteiger partial charge in [0.2, 0.25) is 0 Å². The van der Waals surface area contributed by atoms with Gasteiger partial charge >= 0.3 is 0 Å². The van der Waals surface area contributed by atoms with Gasteiger partial charge in [-0.25, -0.2) is 0 Å². The first-order chi connectivity index (χ1) is 18.9. The molecule has 1 amide bonds. The van der Waals surface area contributed by atoms with Crippen molar-refractivity contribution in [2.75, 3.05) is 32.7 Å². The Balaban J connectivity index is 1.33. The number of hydrogen-bond donors (Lipinski definition) is 0. The number of carbonyl (C=O) groups excluding carboxylic acids is 1. The van der Waals surface area contributed by atoms with Crippen LogP contribution in [0.1, 0.15) is 28.4 Å². The van der Waals surface area contributed by atoms with E-state index < -0.39 is 4.92 Å². The lowest BCUT2D eigenvalue weighted by molar-refractivity contribution is -0.384. The van der Waals surface area contributed by atoms with E-state index in [9.17, 15) is 14.9 Å². The number of nitrogens with zero attached hydrogens (tertiary/aromatic N) is 6. The van der Waals surface area contributed by atoms with Gasteiger partial charge in [0, 0.05) is 60.9 Å². The van der Waals surface area contributed by atoms with Crippen LogP contribution in [0.2, 0.25) is 0 Å². The number of aryl methyl sites for hydroxylation is 1. The van der Waals surface area contributed by atoms with Gasteiger partial charge in [-0.1, -0.05) is 48.5 Å². The van der Waals surface area contributed by atoms with Gasteiger partial charge in [-0.05, 0) is 55.4 Å². The third kappa shape index (κ3) is 6.02. The number of likely N-dealkylation sites (N-methyl/N-ethyl adjacent to an activating group) is 1. The summed E-state index contributed by atoms with van der Waals surface area (Å²) in [5.74, 6) is 1.34. The third-order valence-electron chi connectivity index (χ3n) is 6.94.